The summed E-state index contributed by atoms with van der Waals surface area (Å²) >= 11 is 7.46. The van der Waals surface area contributed by atoms with Gasteiger partial charge in [0.2, 0.25) is 0 Å². The first-order chi connectivity index (χ1) is 7.64. The number of nitrogens with zero attached hydrogens (tertiary/aromatic N) is 1. The molecule has 0 fully saturated rings. The van der Waals surface area contributed by atoms with Gasteiger partial charge in [-0.1, -0.05) is 30.3 Å². The summed E-state index contributed by atoms with van der Waals surface area (Å²) in [5.41, 5.74) is 2.20. The lowest BCUT2D eigenvalue weighted by Crippen LogP contribution is -2.18. The van der Waals surface area contributed by atoms with Gasteiger partial charge >= 0.3 is 0 Å². The lowest BCUT2D eigenvalue weighted by molar-refractivity contribution is 0.633. The molecule has 3 heteroatoms. The molecule has 84 valence electrons. The molecule has 0 amide bonds. The van der Waals surface area contributed by atoms with Crippen molar-refractivity contribution in [3.8, 4) is 0 Å². The Bertz CT molecular complexity index is 462. The zero-order valence-corrected chi connectivity index (χ0v) is 11.0. The molecule has 0 atom stereocenters. The van der Waals surface area contributed by atoms with Gasteiger partial charge in [-0.05, 0) is 19.4 Å². The zero-order chi connectivity index (χ0) is 11.6. The molecule has 1 heterocycles. The van der Waals surface area contributed by atoms with Crippen LogP contribution in [0.2, 0.25) is 0 Å². The van der Waals surface area contributed by atoms with Crippen LogP contribution < -0.4 is 0 Å². The molecule has 2 rings (SSSR count). The molecule has 0 saturated carbocycles. The summed E-state index contributed by atoms with van der Waals surface area (Å²) in [5.74, 6) is 0.487. The number of thiazole rings is 1. The lowest BCUT2D eigenvalue weighted by Gasteiger charge is -2.22. The first-order valence-corrected chi connectivity index (χ1v) is 6.62. The topological polar surface area (TPSA) is 12.9 Å². The predicted octanol–water partition coefficient (Wildman–Crippen LogP) is 4.21. The van der Waals surface area contributed by atoms with E-state index in [2.05, 4.69) is 43.1 Å². The van der Waals surface area contributed by atoms with E-state index in [4.69, 9.17) is 11.6 Å². The molecule has 0 aliphatic heterocycles. The second kappa shape index (κ2) is 4.56. The third kappa shape index (κ3) is 2.13. The maximum Gasteiger partial charge on any atom is 0.103 e. The molecule has 1 nitrogen and oxygen atoms in total. The van der Waals surface area contributed by atoms with Gasteiger partial charge in [0, 0.05) is 10.8 Å². The van der Waals surface area contributed by atoms with Crippen molar-refractivity contribution >= 4 is 22.9 Å². The fourth-order valence-corrected chi connectivity index (χ4v) is 2.83. The standard InChI is InChI=1S/C13H14ClNS/c1-13(2,10-6-4-3-5-7-10)12-15-11(8-14)9-16-12/h3-7,9H,8H2,1-2H3. The zero-order valence-electron chi connectivity index (χ0n) is 9.40. The first-order valence-electron chi connectivity index (χ1n) is 5.21. The summed E-state index contributed by atoms with van der Waals surface area (Å²) in [6, 6.07) is 10.4. The quantitative estimate of drug-likeness (QED) is 0.745. The van der Waals surface area contributed by atoms with E-state index in [0.717, 1.165) is 10.7 Å². The molecule has 0 spiro atoms. The maximum absolute atomic E-state index is 5.78. The van der Waals surface area contributed by atoms with E-state index in [9.17, 15) is 0 Å². The molecular weight excluding hydrogens is 238 g/mol. The van der Waals surface area contributed by atoms with Gasteiger partial charge < -0.3 is 0 Å². The summed E-state index contributed by atoms with van der Waals surface area (Å²) in [6.45, 7) is 4.39. The monoisotopic (exact) mass is 251 g/mol. The molecule has 0 N–H and O–H groups in total. The van der Waals surface area contributed by atoms with E-state index in [1.54, 1.807) is 11.3 Å². The Morgan fingerprint density at radius 3 is 2.50 bits per heavy atom. The average molecular weight is 252 g/mol. The minimum Gasteiger partial charge on any atom is -0.244 e. The van der Waals surface area contributed by atoms with E-state index in [0.29, 0.717) is 5.88 Å². The normalized spacial score (nSPS) is 11.7. The second-order valence-electron chi connectivity index (χ2n) is 4.27. The number of aromatic nitrogens is 1. The van der Waals surface area contributed by atoms with Crippen molar-refractivity contribution in [2.45, 2.75) is 25.1 Å². The molecule has 1 aromatic heterocycles. The van der Waals surface area contributed by atoms with Crippen molar-refractivity contribution in [2.75, 3.05) is 0 Å². The maximum atomic E-state index is 5.78. The summed E-state index contributed by atoms with van der Waals surface area (Å²) < 4.78 is 0. The van der Waals surface area contributed by atoms with Crippen LogP contribution in [0.25, 0.3) is 0 Å². The first kappa shape index (κ1) is 11.6. The second-order valence-corrected chi connectivity index (χ2v) is 5.39. The molecule has 0 unspecified atom stereocenters. The van der Waals surface area contributed by atoms with Crippen molar-refractivity contribution in [1.29, 1.82) is 0 Å². The fraction of sp³-hybridized carbons (Fsp3) is 0.308. The van der Waals surface area contributed by atoms with Crippen molar-refractivity contribution in [1.82, 2.24) is 4.98 Å². The van der Waals surface area contributed by atoms with Gasteiger partial charge in [-0.25, -0.2) is 4.98 Å². The van der Waals surface area contributed by atoms with Crippen LogP contribution in [0.5, 0.6) is 0 Å². The molecule has 0 radical (unpaired) electrons. The minimum absolute atomic E-state index is 0.0454. The molecule has 0 aliphatic carbocycles. The predicted molar refractivity (Wildman–Crippen MR) is 70.2 cm³/mol. The average Bonchev–Trinajstić information content (AvgIpc) is 2.79. The Hall–Kier alpha value is -0.860. The SMILES string of the molecule is CC(C)(c1ccccc1)c1nc(CCl)cs1. The minimum atomic E-state index is -0.0454. The van der Waals surface area contributed by atoms with E-state index in [1.807, 2.05) is 11.4 Å². The van der Waals surface area contributed by atoms with Gasteiger partial charge in [0.1, 0.15) is 5.01 Å². The van der Waals surface area contributed by atoms with Crippen LogP contribution >= 0.6 is 22.9 Å². The molecule has 2 aromatic rings. The number of rotatable bonds is 3. The molecule has 0 saturated heterocycles. The highest BCUT2D eigenvalue weighted by Gasteiger charge is 2.26. The summed E-state index contributed by atoms with van der Waals surface area (Å²) in [7, 11) is 0. The van der Waals surface area contributed by atoms with Gasteiger partial charge in [-0.3, -0.25) is 0 Å². The van der Waals surface area contributed by atoms with Crippen LogP contribution in [-0.2, 0) is 11.3 Å². The highest BCUT2D eigenvalue weighted by molar-refractivity contribution is 7.09. The van der Waals surface area contributed by atoms with Crippen molar-refractivity contribution in [3.63, 3.8) is 0 Å². The van der Waals surface area contributed by atoms with Gasteiger partial charge in [0.25, 0.3) is 0 Å². The highest BCUT2D eigenvalue weighted by atomic mass is 35.5. The molecular formula is C13H14ClNS. The summed E-state index contributed by atoms with van der Waals surface area (Å²) in [5, 5.41) is 3.15. The van der Waals surface area contributed by atoms with Crippen LogP contribution in [0.3, 0.4) is 0 Å². The Kier molecular flexibility index (Phi) is 3.31. The summed E-state index contributed by atoms with van der Waals surface area (Å²) in [4.78, 5) is 4.56. The summed E-state index contributed by atoms with van der Waals surface area (Å²) in [6.07, 6.45) is 0. The van der Waals surface area contributed by atoms with Gasteiger partial charge in [0.15, 0.2) is 0 Å². The Balaban J connectivity index is 2.38. The molecule has 0 aliphatic rings. The smallest absolute Gasteiger partial charge is 0.103 e. The third-order valence-electron chi connectivity index (χ3n) is 2.72. The fourth-order valence-electron chi connectivity index (χ4n) is 1.63. The van der Waals surface area contributed by atoms with E-state index in [-0.39, 0.29) is 5.41 Å². The van der Waals surface area contributed by atoms with Crippen molar-refractivity contribution in [3.05, 3.63) is 52.0 Å². The van der Waals surface area contributed by atoms with Gasteiger partial charge in [-0.2, -0.15) is 0 Å². The van der Waals surface area contributed by atoms with Crippen LogP contribution in [0, 0.1) is 0 Å². The Morgan fingerprint density at radius 1 is 1.25 bits per heavy atom. The Morgan fingerprint density at radius 2 is 1.94 bits per heavy atom. The number of benzene rings is 1. The van der Waals surface area contributed by atoms with Crippen LogP contribution in [0.4, 0.5) is 0 Å². The Labute approximate surface area is 105 Å². The molecule has 16 heavy (non-hydrogen) atoms. The van der Waals surface area contributed by atoms with Crippen LogP contribution in [-0.4, -0.2) is 4.98 Å². The number of hydrogen-bond donors (Lipinski definition) is 0. The third-order valence-corrected chi connectivity index (χ3v) is 4.21. The van der Waals surface area contributed by atoms with E-state index < -0.39 is 0 Å². The van der Waals surface area contributed by atoms with Crippen molar-refractivity contribution in [2.24, 2.45) is 0 Å². The molecule has 0 bridgehead atoms. The van der Waals surface area contributed by atoms with Crippen molar-refractivity contribution < 1.29 is 0 Å². The lowest BCUT2D eigenvalue weighted by atomic mass is 9.85. The number of hydrogen-bond acceptors (Lipinski definition) is 2. The van der Waals surface area contributed by atoms with Gasteiger partial charge in [-0.15, -0.1) is 22.9 Å². The van der Waals surface area contributed by atoms with E-state index >= 15 is 0 Å². The molecule has 1 aromatic carbocycles. The van der Waals surface area contributed by atoms with Gasteiger partial charge in [0.05, 0.1) is 11.6 Å². The van der Waals surface area contributed by atoms with Crippen LogP contribution in [0.15, 0.2) is 35.7 Å². The number of halogens is 1. The largest absolute Gasteiger partial charge is 0.244 e. The van der Waals surface area contributed by atoms with Crippen LogP contribution in [0.1, 0.15) is 30.1 Å². The number of alkyl halides is 1. The highest BCUT2D eigenvalue weighted by Crippen LogP contribution is 2.33. The van der Waals surface area contributed by atoms with E-state index in [1.165, 1.54) is 5.56 Å².